The van der Waals surface area contributed by atoms with Crippen LogP contribution in [-0.4, -0.2) is 15.0 Å². The van der Waals surface area contributed by atoms with Gasteiger partial charge in [-0.3, -0.25) is 0 Å². The summed E-state index contributed by atoms with van der Waals surface area (Å²) in [6.45, 7) is 4.47. The molecule has 1 spiro atoms. The lowest BCUT2D eigenvalue weighted by atomic mass is 9.61. The Hall–Kier alpha value is -8.27. The van der Waals surface area contributed by atoms with Gasteiger partial charge in [-0.1, -0.05) is 225 Å². The molecule has 1 heterocycles. The van der Waals surface area contributed by atoms with E-state index >= 15 is 0 Å². The molecule has 3 nitrogen and oxygen atoms in total. The number of hydrogen-bond donors (Lipinski definition) is 0. The minimum atomic E-state index is -0.557. The second kappa shape index (κ2) is 15.8. The molecule has 4 aliphatic rings. The lowest BCUT2D eigenvalue weighted by Gasteiger charge is -2.41. The van der Waals surface area contributed by atoms with Gasteiger partial charge in [-0.15, -0.1) is 0 Å². The lowest BCUT2D eigenvalue weighted by molar-refractivity contribution is 0.620. The van der Waals surface area contributed by atoms with Gasteiger partial charge in [-0.05, 0) is 104 Å². The first-order valence-corrected chi connectivity index (χ1v) is 22.8. The normalized spacial score (nSPS) is 19.1. The molecule has 0 fully saturated rings. The third-order valence-electron chi connectivity index (χ3n) is 13.9. The molecular formula is C63H45N3. The Kier molecular flexibility index (Phi) is 9.39. The van der Waals surface area contributed by atoms with Crippen LogP contribution < -0.4 is 0 Å². The standard InChI is InChI=1S/C63H45N3/c1-3-4-29-51-50-32-13-16-36-56(50)63(54-34-14-11-30-48(54)49-31-12-15-35-55(49)63)58(51)57-38-37-52(53-33-17-18-39-62(53,57)2)61-65-59(46-27-19-25-44(40-46)42-21-7-5-8-22-42)64-60(66-61)47-28-20-26-45(41-47)43-23-9-6-10-24-43/h3-41H,1-2H3/b4-3-,51-29+,58-57+. The van der Waals surface area contributed by atoms with E-state index < -0.39 is 10.8 Å². The molecule has 1 atom stereocenters. The van der Waals surface area contributed by atoms with Gasteiger partial charge in [0.15, 0.2) is 17.5 Å². The molecule has 7 aromatic carbocycles. The number of allylic oxidation sites excluding steroid dienone is 14. The number of rotatable bonds is 6. The predicted octanol–water partition coefficient (Wildman–Crippen LogP) is 15.3. The maximum absolute atomic E-state index is 5.41. The minimum Gasteiger partial charge on any atom is -0.208 e. The van der Waals surface area contributed by atoms with Gasteiger partial charge >= 0.3 is 0 Å². The average molecular weight is 844 g/mol. The molecule has 1 aromatic heterocycles. The van der Waals surface area contributed by atoms with Gasteiger partial charge in [0.25, 0.3) is 0 Å². The third kappa shape index (κ3) is 6.08. The quantitative estimate of drug-likeness (QED) is 0.167. The van der Waals surface area contributed by atoms with Crippen LogP contribution >= 0.6 is 0 Å². The lowest BCUT2D eigenvalue weighted by Crippen LogP contribution is -2.32. The summed E-state index contributed by atoms with van der Waals surface area (Å²) in [7, 11) is 0. The second-order valence-corrected chi connectivity index (χ2v) is 17.6. The molecule has 0 radical (unpaired) electrons. The van der Waals surface area contributed by atoms with Crippen molar-refractivity contribution in [3.05, 3.63) is 281 Å². The zero-order valence-corrected chi connectivity index (χ0v) is 36.9. The minimum absolute atomic E-state index is 0.543. The van der Waals surface area contributed by atoms with E-state index in [2.05, 4.69) is 238 Å². The van der Waals surface area contributed by atoms with Gasteiger partial charge in [-0.25, -0.2) is 15.0 Å². The van der Waals surface area contributed by atoms with Crippen molar-refractivity contribution >= 4 is 11.1 Å². The molecule has 66 heavy (non-hydrogen) atoms. The van der Waals surface area contributed by atoms with Gasteiger partial charge in [0, 0.05) is 22.1 Å². The monoisotopic (exact) mass is 843 g/mol. The molecular weight excluding hydrogens is 799 g/mol. The van der Waals surface area contributed by atoms with Crippen molar-refractivity contribution < 1.29 is 0 Å². The number of hydrogen-bond acceptors (Lipinski definition) is 3. The fraction of sp³-hybridized carbons (Fsp3) is 0.0635. The summed E-state index contributed by atoms with van der Waals surface area (Å²) in [6.07, 6.45) is 20.3. The smallest absolute Gasteiger partial charge is 0.164 e. The highest BCUT2D eigenvalue weighted by Gasteiger charge is 2.55. The zero-order chi connectivity index (χ0) is 44.2. The molecule has 312 valence electrons. The molecule has 0 bridgehead atoms. The summed E-state index contributed by atoms with van der Waals surface area (Å²) in [5, 5.41) is 0. The fourth-order valence-corrected chi connectivity index (χ4v) is 10.9. The number of fused-ring (bicyclic) bond motifs is 8. The Labute approximate surface area is 386 Å². The van der Waals surface area contributed by atoms with Gasteiger partial charge in [0.2, 0.25) is 0 Å². The van der Waals surface area contributed by atoms with Crippen molar-refractivity contribution in [2.45, 2.75) is 19.3 Å². The Bertz CT molecular complexity index is 3340. The number of nitrogens with zero attached hydrogens (tertiary/aromatic N) is 3. The summed E-state index contributed by atoms with van der Waals surface area (Å²) in [6, 6.07) is 65.2. The van der Waals surface area contributed by atoms with E-state index in [1.807, 2.05) is 12.1 Å². The first-order valence-electron chi connectivity index (χ1n) is 22.8. The highest BCUT2D eigenvalue weighted by atomic mass is 15.0. The molecule has 0 saturated carbocycles. The molecule has 0 aliphatic heterocycles. The summed E-state index contributed by atoms with van der Waals surface area (Å²) >= 11 is 0. The van der Waals surface area contributed by atoms with Gasteiger partial charge < -0.3 is 0 Å². The van der Waals surface area contributed by atoms with Crippen LogP contribution in [0.4, 0.5) is 0 Å². The van der Waals surface area contributed by atoms with Crippen molar-refractivity contribution in [2.24, 2.45) is 5.41 Å². The first-order chi connectivity index (χ1) is 32.6. The largest absolute Gasteiger partial charge is 0.208 e. The van der Waals surface area contributed by atoms with Crippen LogP contribution in [0.2, 0.25) is 0 Å². The zero-order valence-electron chi connectivity index (χ0n) is 36.9. The maximum Gasteiger partial charge on any atom is 0.164 e. The predicted molar refractivity (Wildman–Crippen MR) is 272 cm³/mol. The Morgan fingerprint density at radius 3 is 1.48 bits per heavy atom. The van der Waals surface area contributed by atoms with Crippen LogP contribution in [-0.2, 0) is 5.41 Å². The summed E-state index contributed by atoms with van der Waals surface area (Å²) in [4.78, 5) is 16.1. The van der Waals surface area contributed by atoms with E-state index in [0.717, 1.165) is 44.5 Å². The van der Waals surface area contributed by atoms with Crippen molar-refractivity contribution in [1.29, 1.82) is 0 Å². The molecule has 8 aromatic rings. The Balaban J connectivity index is 1.10. The molecule has 0 N–H and O–H groups in total. The van der Waals surface area contributed by atoms with E-state index in [-0.39, 0.29) is 0 Å². The molecule has 4 aliphatic carbocycles. The highest BCUT2D eigenvalue weighted by Crippen LogP contribution is 2.66. The van der Waals surface area contributed by atoms with Crippen LogP contribution in [0.3, 0.4) is 0 Å². The SMILES string of the molecule is C\C=C/C=C1/C(=C2/C=CC(c3nc(-c4cccc(-c5ccccc5)c4)nc(-c4cccc(-c5ccccc5)c4)n3)=C3C=CC=CC32C)C2(c3ccccc31)c1ccccc1-c1ccccc12. The summed E-state index contributed by atoms with van der Waals surface area (Å²) in [5.41, 5.74) is 18.9. The van der Waals surface area contributed by atoms with E-state index in [1.165, 1.54) is 50.1 Å². The van der Waals surface area contributed by atoms with Crippen LogP contribution in [0.25, 0.3) is 67.3 Å². The molecule has 12 rings (SSSR count). The van der Waals surface area contributed by atoms with Gasteiger partial charge in [0.1, 0.15) is 0 Å². The molecule has 3 heteroatoms. The maximum atomic E-state index is 5.41. The van der Waals surface area contributed by atoms with Crippen LogP contribution in [0.1, 0.15) is 41.9 Å². The fourth-order valence-electron chi connectivity index (χ4n) is 10.9. The van der Waals surface area contributed by atoms with E-state index in [4.69, 9.17) is 15.0 Å². The van der Waals surface area contributed by atoms with Crippen LogP contribution in [0.5, 0.6) is 0 Å². The van der Waals surface area contributed by atoms with Gasteiger partial charge in [0.05, 0.1) is 5.41 Å². The highest BCUT2D eigenvalue weighted by molar-refractivity contribution is 6.02. The number of aromatic nitrogens is 3. The van der Waals surface area contributed by atoms with Crippen molar-refractivity contribution in [1.82, 2.24) is 15.0 Å². The average Bonchev–Trinajstić information content (AvgIpc) is 3.84. The number of benzene rings is 7. The van der Waals surface area contributed by atoms with Crippen LogP contribution in [0, 0.1) is 5.41 Å². The molecule has 0 saturated heterocycles. The second-order valence-electron chi connectivity index (χ2n) is 17.6. The molecule has 1 unspecified atom stereocenters. The van der Waals surface area contributed by atoms with Crippen molar-refractivity contribution in [3.63, 3.8) is 0 Å². The summed E-state index contributed by atoms with van der Waals surface area (Å²) < 4.78 is 0. The van der Waals surface area contributed by atoms with Crippen molar-refractivity contribution in [2.75, 3.05) is 0 Å². The third-order valence-corrected chi connectivity index (χ3v) is 13.9. The van der Waals surface area contributed by atoms with Gasteiger partial charge in [-0.2, -0.15) is 0 Å². The molecule has 0 amide bonds. The first kappa shape index (κ1) is 39.3. The Morgan fingerprint density at radius 1 is 0.424 bits per heavy atom. The Morgan fingerprint density at radius 2 is 0.909 bits per heavy atom. The van der Waals surface area contributed by atoms with E-state index in [9.17, 15) is 0 Å². The van der Waals surface area contributed by atoms with E-state index in [0.29, 0.717) is 17.5 Å². The van der Waals surface area contributed by atoms with Crippen LogP contribution in [0.15, 0.2) is 253 Å². The topological polar surface area (TPSA) is 38.7 Å². The van der Waals surface area contributed by atoms with Crippen molar-refractivity contribution in [3.8, 4) is 56.2 Å². The summed E-state index contributed by atoms with van der Waals surface area (Å²) in [5.74, 6) is 1.89. The van der Waals surface area contributed by atoms with E-state index in [1.54, 1.807) is 0 Å².